The highest BCUT2D eigenvalue weighted by Crippen LogP contribution is 2.38. The minimum absolute atomic E-state index is 0.340. The quantitative estimate of drug-likeness (QED) is 0.473. The number of ether oxygens (including phenoxy) is 2. The molecule has 1 amide bonds. The zero-order valence-corrected chi connectivity index (χ0v) is 16.0. The van der Waals surface area contributed by atoms with Gasteiger partial charge in [-0.05, 0) is 28.1 Å². The van der Waals surface area contributed by atoms with Gasteiger partial charge in [0.25, 0.3) is 0 Å². The summed E-state index contributed by atoms with van der Waals surface area (Å²) < 4.78 is 12.1. The van der Waals surface area contributed by atoms with Gasteiger partial charge in [-0.1, -0.05) is 11.6 Å². The summed E-state index contributed by atoms with van der Waals surface area (Å²) in [6.45, 7) is 0.749. The van der Waals surface area contributed by atoms with E-state index >= 15 is 0 Å². The van der Waals surface area contributed by atoms with Gasteiger partial charge in [0.15, 0.2) is 0 Å². The highest BCUT2D eigenvalue weighted by molar-refractivity contribution is 9.10. The Morgan fingerprint density at radius 2 is 2.15 bits per heavy atom. The van der Waals surface area contributed by atoms with Gasteiger partial charge in [-0.3, -0.25) is 4.79 Å². The molecule has 0 unspecified atom stereocenters. The van der Waals surface area contributed by atoms with Crippen LogP contribution in [0, 0.1) is 0 Å². The van der Waals surface area contributed by atoms with Crippen molar-refractivity contribution in [3.63, 3.8) is 0 Å². The molecule has 3 rings (SSSR count). The molecule has 1 aromatic heterocycles. The largest absolute Gasteiger partial charge is 0.460 e. The molecule has 5 N–H and O–H groups in total. The molecule has 0 radical (unpaired) electrons. The molecule has 8 nitrogen and oxygen atoms in total. The molecule has 1 fully saturated rings. The SMILES string of the molecule is CC(=O)N[C@H]1[C@H](Oc2c[nH]c3ccc(Br)c(Cl)c23)O[C@H](CO)[C@H](O)[C@H]1O. The molecule has 5 atom stereocenters. The van der Waals surface area contributed by atoms with Gasteiger partial charge in [0.05, 0.1) is 22.5 Å². The van der Waals surface area contributed by atoms with Crippen LogP contribution in [0.15, 0.2) is 22.8 Å². The van der Waals surface area contributed by atoms with Crippen LogP contribution in [0.5, 0.6) is 5.75 Å². The number of rotatable bonds is 4. The van der Waals surface area contributed by atoms with Crippen LogP contribution >= 0.6 is 27.5 Å². The molecule has 1 aliphatic heterocycles. The number of hydrogen-bond acceptors (Lipinski definition) is 6. The lowest BCUT2D eigenvalue weighted by Crippen LogP contribution is -2.65. The molecule has 26 heavy (non-hydrogen) atoms. The summed E-state index contributed by atoms with van der Waals surface area (Å²) in [7, 11) is 0. The standard InChI is InChI=1S/C16H18BrClN2O6/c1-6(22)20-13-15(24)14(23)10(5-21)26-16(13)25-9-4-19-8-3-2-7(17)12(18)11(8)9/h2-4,10,13-16,19,21,23-24H,5H2,1H3,(H,20,22)/t10-,13-,14+,15+,16-/m1/s1. The van der Waals surface area contributed by atoms with Crippen molar-refractivity contribution in [1.29, 1.82) is 0 Å². The average Bonchev–Trinajstić information content (AvgIpc) is 3.01. The summed E-state index contributed by atoms with van der Waals surface area (Å²) >= 11 is 9.68. The first-order valence-electron chi connectivity index (χ1n) is 7.84. The summed E-state index contributed by atoms with van der Waals surface area (Å²) in [5.74, 6) is -0.0902. The topological polar surface area (TPSA) is 124 Å². The average molecular weight is 450 g/mol. The molecule has 2 heterocycles. The molecule has 0 spiro atoms. The molecule has 1 aliphatic rings. The van der Waals surface area contributed by atoms with E-state index in [1.807, 2.05) is 0 Å². The predicted octanol–water partition coefficient (Wildman–Crippen LogP) is 0.906. The minimum Gasteiger partial charge on any atom is -0.460 e. The Labute approximate surface area is 162 Å². The molecule has 1 aromatic carbocycles. The third-order valence-corrected chi connectivity index (χ3v) is 5.48. The van der Waals surface area contributed by atoms with Gasteiger partial charge in [0, 0.05) is 17.6 Å². The van der Waals surface area contributed by atoms with E-state index in [0.29, 0.717) is 20.6 Å². The van der Waals surface area contributed by atoms with Crippen molar-refractivity contribution >= 4 is 44.3 Å². The number of aromatic nitrogens is 1. The van der Waals surface area contributed by atoms with Gasteiger partial charge in [-0.2, -0.15) is 0 Å². The summed E-state index contributed by atoms with van der Waals surface area (Å²) in [4.78, 5) is 14.5. The van der Waals surface area contributed by atoms with E-state index < -0.39 is 43.2 Å². The molecule has 10 heteroatoms. The third-order valence-electron chi connectivity index (χ3n) is 4.19. The van der Waals surface area contributed by atoms with Gasteiger partial charge >= 0.3 is 0 Å². The fraction of sp³-hybridized carbons (Fsp3) is 0.438. The van der Waals surface area contributed by atoms with Crippen LogP contribution < -0.4 is 10.1 Å². The van der Waals surface area contributed by atoms with Crippen LogP contribution in [0.3, 0.4) is 0 Å². The van der Waals surface area contributed by atoms with E-state index in [0.717, 1.165) is 5.52 Å². The van der Waals surface area contributed by atoms with Gasteiger partial charge < -0.3 is 35.1 Å². The second-order valence-electron chi connectivity index (χ2n) is 5.99. The zero-order valence-electron chi connectivity index (χ0n) is 13.6. The molecule has 2 aromatic rings. The van der Waals surface area contributed by atoms with E-state index in [4.69, 9.17) is 21.1 Å². The van der Waals surface area contributed by atoms with E-state index in [-0.39, 0.29) is 0 Å². The first-order chi connectivity index (χ1) is 12.3. The smallest absolute Gasteiger partial charge is 0.223 e. The number of benzene rings is 1. The Morgan fingerprint density at radius 1 is 1.42 bits per heavy atom. The molecule has 1 saturated heterocycles. The molecule has 0 bridgehead atoms. The van der Waals surface area contributed by atoms with Crippen LogP contribution in [0.25, 0.3) is 10.9 Å². The van der Waals surface area contributed by atoms with E-state index in [1.54, 1.807) is 18.3 Å². The van der Waals surface area contributed by atoms with Gasteiger partial charge in [-0.15, -0.1) is 0 Å². The van der Waals surface area contributed by atoms with Crippen LogP contribution in [-0.2, 0) is 9.53 Å². The highest BCUT2D eigenvalue weighted by Gasteiger charge is 2.46. The Balaban J connectivity index is 1.95. The number of carbonyl (C=O) groups is 1. The maximum atomic E-state index is 11.5. The maximum absolute atomic E-state index is 11.5. The predicted molar refractivity (Wildman–Crippen MR) is 97.0 cm³/mol. The molecular formula is C16H18BrClN2O6. The molecule has 142 valence electrons. The highest BCUT2D eigenvalue weighted by atomic mass is 79.9. The van der Waals surface area contributed by atoms with Crippen molar-refractivity contribution in [1.82, 2.24) is 10.3 Å². The molecule has 0 saturated carbocycles. The van der Waals surface area contributed by atoms with Crippen molar-refractivity contribution in [3.8, 4) is 5.75 Å². The number of carbonyl (C=O) groups excluding carboxylic acids is 1. The van der Waals surface area contributed by atoms with Crippen LogP contribution in [0.1, 0.15) is 6.92 Å². The van der Waals surface area contributed by atoms with Crippen molar-refractivity contribution in [2.45, 2.75) is 37.6 Å². The number of hydrogen-bond donors (Lipinski definition) is 5. The van der Waals surface area contributed by atoms with E-state index in [9.17, 15) is 20.1 Å². The van der Waals surface area contributed by atoms with Crippen LogP contribution in [0.4, 0.5) is 0 Å². The second-order valence-corrected chi connectivity index (χ2v) is 7.22. The first kappa shape index (κ1) is 19.4. The Morgan fingerprint density at radius 3 is 2.81 bits per heavy atom. The summed E-state index contributed by atoms with van der Waals surface area (Å²) in [5.41, 5.74) is 0.722. The number of aliphatic hydroxyl groups excluding tert-OH is 3. The molecule has 0 aliphatic carbocycles. The van der Waals surface area contributed by atoms with Gasteiger partial charge in [-0.25, -0.2) is 0 Å². The monoisotopic (exact) mass is 448 g/mol. The number of fused-ring (bicyclic) bond motifs is 1. The molecular weight excluding hydrogens is 432 g/mol. The third kappa shape index (κ3) is 3.55. The minimum atomic E-state index is -1.39. The Kier molecular flexibility index (Phi) is 5.75. The van der Waals surface area contributed by atoms with Crippen molar-refractivity contribution < 1.29 is 29.6 Å². The number of H-pyrrole nitrogens is 1. The fourth-order valence-corrected chi connectivity index (χ4v) is 3.50. The van der Waals surface area contributed by atoms with Crippen molar-refractivity contribution in [3.05, 3.63) is 27.8 Å². The number of amides is 1. The lowest BCUT2D eigenvalue weighted by Gasteiger charge is -2.41. The van der Waals surface area contributed by atoms with Crippen LogP contribution in [0.2, 0.25) is 5.02 Å². The number of nitrogens with one attached hydrogen (secondary N) is 2. The summed E-state index contributed by atoms with van der Waals surface area (Å²) in [6.07, 6.45) is -3.40. The van der Waals surface area contributed by atoms with Crippen molar-refractivity contribution in [2.75, 3.05) is 6.61 Å². The normalized spacial score (nSPS) is 28.9. The Bertz CT molecular complexity index is 815. The van der Waals surface area contributed by atoms with Gasteiger partial charge in [0.2, 0.25) is 12.2 Å². The maximum Gasteiger partial charge on any atom is 0.223 e. The van der Waals surface area contributed by atoms with Crippen LogP contribution in [-0.4, -0.2) is 63.5 Å². The second kappa shape index (κ2) is 7.71. The van der Waals surface area contributed by atoms with Gasteiger partial charge in [0.1, 0.15) is 30.1 Å². The summed E-state index contributed by atoms with van der Waals surface area (Å²) in [5, 5.41) is 33.3. The summed E-state index contributed by atoms with van der Waals surface area (Å²) in [6, 6.07) is 2.55. The fourth-order valence-electron chi connectivity index (χ4n) is 2.92. The zero-order chi connectivity index (χ0) is 19.0. The van der Waals surface area contributed by atoms with E-state index in [2.05, 4.69) is 26.2 Å². The number of aromatic amines is 1. The first-order valence-corrected chi connectivity index (χ1v) is 9.02. The number of halogens is 2. The lowest BCUT2D eigenvalue weighted by atomic mass is 9.97. The number of aliphatic hydroxyl groups is 3. The Hall–Kier alpha value is -1.36. The van der Waals surface area contributed by atoms with E-state index in [1.165, 1.54) is 6.92 Å². The lowest BCUT2D eigenvalue weighted by molar-refractivity contribution is -0.244. The van der Waals surface area contributed by atoms with Crippen molar-refractivity contribution in [2.24, 2.45) is 0 Å².